The first-order valence-electron chi connectivity index (χ1n) is 5.78. The third kappa shape index (κ3) is 3.89. The van der Waals surface area contributed by atoms with E-state index in [0.29, 0.717) is 6.42 Å². The van der Waals surface area contributed by atoms with Gasteiger partial charge in [0.2, 0.25) is 5.91 Å². The van der Waals surface area contributed by atoms with Gasteiger partial charge in [0.15, 0.2) is 0 Å². The van der Waals surface area contributed by atoms with Crippen LogP contribution in [0.5, 0.6) is 0 Å². The van der Waals surface area contributed by atoms with Gasteiger partial charge in [0.25, 0.3) is 0 Å². The molecule has 1 N–H and O–H groups in total. The van der Waals surface area contributed by atoms with Gasteiger partial charge in [-0.3, -0.25) is 4.79 Å². The minimum atomic E-state index is -0.0811. The van der Waals surface area contributed by atoms with E-state index < -0.39 is 0 Å². The summed E-state index contributed by atoms with van der Waals surface area (Å²) in [5, 5.41) is 4.88. The number of rotatable bonds is 5. The van der Waals surface area contributed by atoms with Gasteiger partial charge in [-0.15, -0.1) is 11.3 Å². The second kappa shape index (κ2) is 6.21. The van der Waals surface area contributed by atoms with Crippen LogP contribution in [0.4, 0.5) is 0 Å². The fraction of sp³-hybridized carbons (Fsp3) is 0.214. The van der Waals surface area contributed by atoms with E-state index in [9.17, 15) is 4.79 Å². The summed E-state index contributed by atoms with van der Waals surface area (Å²) in [6.07, 6.45) is 5.72. The number of thiophene rings is 1. The fourth-order valence-electron chi connectivity index (χ4n) is 1.62. The molecule has 0 aromatic carbocycles. The topological polar surface area (TPSA) is 42.2 Å². The lowest BCUT2D eigenvalue weighted by atomic mass is 10.2. The largest absolute Gasteiger partial charge is 0.469 e. The van der Waals surface area contributed by atoms with Crippen LogP contribution in [0, 0.1) is 0 Å². The molecule has 0 aliphatic carbocycles. The molecule has 2 aromatic rings. The zero-order chi connectivity index (χ0) is 12.8. The Kier molecular flexibility index (Phi) is 4.36. The summed E-state index contributed by atoms with van der Waals surface area (Å²) < 4.78 is 5.24. The highest BCUT2D eigenvalue weighted by molar-refractivity contribution is 7.10. The molecule has 1 atom stereocenters. The first-order valence-corrected chi connectivity index (χ1v) is 6.66. The van der Waals surface area contributed by atoms with Crippen LogP contribution in [0.2, 0.25) is 0 Å². The van der Waals surface area contributed by atoms with Gasteiger partial charge in [-0.25, -0.2) is 0 Å². The van der Waals surface area contributed by atoms with Crippen LogP contribution < -0.4 is 5.32 Å². The number of hydrogen-bond donors (Lipinski definition) is 1. The zero-order valence-corrected chi connectivity index (χ0v) is 10.9. The number of amides is 1. The highest BCUT2D eigenvalue weighted by Crippen LogP contribution is 2.10. The molecule has 0 bridgehead atoms. The molecule has 1 amide bonds. The highest BCUT2D eigenvalue weighted by atomic mass is 32.1. The normalized spacial score (nSPS) is 12.7. The van der Waals surface area contributed by atoms with Gasteiger partial charge in [0.1, 0.15) is 5.76 Å². The van der Waals surface area contributed by atoms with Crippen LogP contribution in [0.3, 0.4) is 0 Å². The smallest absolute Gasteiger partial charge is 0.244 e. The van der Waals surface area contributed by atoms with Gasteiger partial charge in [-0.1, -0.05) is 6.07 Å². The third-order valence-electron chi connectivity index (χ3n) is 2.42. The van der Waals surface area contributed by atoms with Crippen molar-refractivity contribution in [2.24, 2.45) is 0 Å². The molecule has 0 saturated carbocycles. The molecule has 0 saturated heterocycles. The number of carbonyl (C=O) groups is 1. The van der Waals surface area contributed by atoms with E-state index in [1.54, 1.807) is 23.7 Å². The molecule has 0 spiro atoms. The van der Waals surface area contributed by atoms with Gasteiger partial charge in [-0.05, 0) is 36.6 Å². The molecule has 94 valence electrons. The Morgan fingerprint density at radius 1 is 1.50 bits per heavy atom. The Balaban J connectivity index is 1.80. The molecule has 2 heterocycles. The van der Waals surface area contributed by atoms with Gasteiger partial charge in [0, 0.05) is 23.4 Å². The van der Waals surface area contributed by atoms with E-state index in [1.807, 2.05) is 42.6 Å². The van der Waals surface area contributed by atoms with E-state index in [1.165, 1.54) is 0 Å². The van der Waals surface area contributed by atoms with Gasteiger partial charge in [-0.2, -0.15) is 0 Å². The SMILES string of the molecule is CC(Cc1ccco1)NC(=O)C=Cc1cccs1. The average Bonchev–Trinajstić information content (AvgIpc) is 2.98. The summed E-state index contributed by atoms with van der Waals surface area (Å²) in [6, 6.07) is 7.74. The maximum atomic E-state index is 11.7. The number of carbonyl (C=O) groups excluding carboxylic acids is 1. The molecule has 3 nitrogen and oxygen atoms in total. The van der Waals surface area contributed by atoms with Crippen LogP contribution in [-0.2, 0) is 11.2 Å². The average molecular weight is 261 g/mol. The van der Waals surface area contributed by atoms with Gasteiger partial charge in [0.05, 0.1) is 6.26 Å². The van der Waals surface area contributed by atoms with Crippen LogP contribution in [0.1, 0.15) is 17.6 Å². The van der Waals surface area contributed by atoms with Crippen LogP contribution >= 0.6 is 11.3 Å². The van der Waals surface area contributed by atoms with E-state index in [4.69, 9.17) is 4.42 Å². The Morgan fingerprint density at radius 2 is 2.39 bits per heavy atom. The predicted molar refractivity (Wildman–Crippen MR) is 73.4 cm³/mol. The van der Waals surface area contributed by atoms with Crippen LogP contribution in [-0.4, -0.2) is 11.9 Å². The van der Waals surface area contributed by atoms with Crippen molar-refractivity contribution in [2.45, 2.75) is 19.4 Å². The zero-order valence-electron chi connectivity index (χ0n) is 10.1. The maximum absolute atomic E-state index is 11.7. The summed E-state index contributed by atoms with van der Waals surface area (Å²) in [5.41, 5.74) is 0. The van der Waals surface area contributed by atoms with Crippen molar-refractivity contribution >= 4 is 23.3 Å². The Hall–Kier alpha value is -1.81. The molecular weight excluding hydrogens is 246 g/mol. The molecular formula is C14H15NO2S. The fourth-order valence-corrected chi connectivity index (χ4v) is 2.23. The maximum Gasteiger partial charge on any atom is 0.244 e. The molecule has 2 rings (SSSR count). The van der Waals surface area contributed by atoms with Crippen molar-refractivity contribution in [3.8, 4) is 0 Å². The second-order valence-corrected chi connectivity index (χ2v) is 5.02. The second-order valence-electron chi connectivity index (χ2n) is 4.04. The Bertz CT molecular complexity index is 500. The minimum absolute atomic E-state index is 0.0524. The first-order chi connectivity index (χ1) is 8.74. The molecule has 0 aliphatic rings. The molecule has 1 unspecified atom stereocenters. The lowest BCUT2D eigenvalue weighted by Gasteiger charge is -2.10. The predicted octanol–water partition coefficient (Wildman–Crippen LogP) is 3.10. The molecule has 0 aliphatic heterocycles. The van der Waals surface area contributed by atoms with E-state index in [-0.39, 0.29) is 11.9 Å². The number of furan rings is 1. The third-order valence-corrected chi connectivity index (χ3v) is 3.26. The Labute approximate surface area is 110 Å². The van der Waals surface area contributed by atoms with E-state index >= 15 is 0 Å². The van der Waals surface area contributed by atoms with Crippen molar-refractivity contribution in [2.75, 3.05) is 0 Å². The lowest BCUT2D eigenvalue weighted by Crippen LogP contribution is -2.32. The molecule has 2 aromatic heterocycles. The quantitative estimate of drug-likeness (QED) is 0.840. The van der Waals surface area contributed by atoms with Crippen LogP contribution in [0.15, 0.2) is 46.4 Å². The molecule has 18 heavy (non-hydrogen) atoms. The molecule has 4 heteroatoms. The number of hydrogen-bond acceptors (Lipinski definition) is 3. The van der Waals surface area contributed by atoms with Crippen molar-refractivity contribution in [3.63, 3.8) is 0 Å². The van der Waals surface area contributed by atoms with Crippen molar-refractivity contribution in [1.82, 2.24) is 5.32 Å². The summed E-state index contributed by atoms with van der Waals surface area (Å²) in [7, 11) is 0. The Morgan fingerprint density at radius 3 is 3.06 bits per heavy atom. The summed E-state index contributed by atoms with van der Waals surface area (Å²) >= 11 is 1.61. The monoisotopic (exact) mass is 261 g/mol. The highest BCUT2D eigenvalue weighted by Gasteiger charge is 2.07. The lowest BCUT2D eigenvalue weighted by molar-refractivity contribution is -0.117. The van der Waals surface area contributed by atoms with Crippen LogP contribution in [0.25, 0.3) is 6.08 Å². The van der Waals surface area contributed by atoms with Crippen molar-refractivity contribution in [1.29, 1.82) is 0 Å². The minimum Gasteiger partial charge on any atom is -0.469 e. The summed E-state index contributed by atoms with van der Waals surface area (Å²) in [6.45, 7) is 1.96. The van der Waals surface area contributed by atoms with Gasteiger partial charge < -0.3 is 9.73 Å². The molecule has 0 radical (unpaired) electrons. The van der Waals surface area contributed by atoms with E-state index in [0.717, 1.165) is 10.6 Å². The summed E-state index contributed by atoms with van der Waals surface area (Å²) in [4.78, 5) is 12.7. The molecule has 0 fully saturated rings. The van der Waals surface area contributed by atoms with Gasteiger partial charge >= 0.3 is 0 Å². The number of nitrogens with one attached hydrogen (secondary N) is 1. The first kappa shape index (κ1) is 12.6. The van der Waals surface area contributed by atoms with Crippen molar-refractivity contribution < 1.29 is 9.21 Å². The van der Waals surface area contributed by atoms with E-state index in [2.05, 4.69) is 5.32 Å². The standard InChI is InChI=1S/C14H15NO2S/c1-11(10-12-4-2-8-17-12)15-14(16)7-6-13-5-3-9-18-13/h2-9,11H,10H2,1H3,(H,15,16). The van der Waals surface area contributed by atoms with Crippen molar-refractivity contribution in [3.05, 3.63) is 52.6 Å². The summed E-state index contributed by atoms with van der Waals surface area (Å²) in [5.74, 6) is 0.799.